The Hall–Kier alpha value is -2.31. The van der Waals surface area contributed by atoms with Gasteiger partial charge in [-0.2, -0.15) is 0 Å². The Morgan fingerprint density at radius 1 is 1.11 bits per heavy atom. The molecule has 1 aromatic heterocycles. The normalized spacial score (nSPS) is 18.7. The van der Waals surface area contributed by atoms with Crippen molar-refractivity contribution in [2.24, 2.45) is 0 Å². The van der Waals surface area contributed by atoms with Crippen LogP contribution in [0.2, 0.25) is 0 Å². The number of nitrogens with one attached hydrogen (secondary N) is 1. The molecular formula is C20H24F2N4O. The van der Waals surface area contributed by atoms with Gasteiger partial charge in [-0.05, 0) is 31.7 Å². The van der Waals surface area contributed by atoms with Crippen LogP contribution in [0.15, 0.2) is 18.2 Å². The van der Waals surface area contributed by atoms with E-state index in [0.717, 1.165) is 56.4 Å². The standard InChI is InChI=1S/C20H24F2N4O/c21-14-7-8-15(16(22)12-14)20(9-3-4-10-20)19(27)23-13-18-25-24-17-6-2-1-5-11-26(17)18/h7-8,12H,1-6,9-11,13H2,(H,23,27). The second-order valence-corrected chi connectivity index (χ2v) is 7.59. The number of hydrogen-bond donors (Lipinski definition) is 1. The first-order valence-corrected chi connectivity index (χ1v) is 9.75. The molecule has 1 fully saturated rings. The maximum absolute atomic E-state index is 14.4. The highest BCUT2D eigenvalue weighted by Gasteiger charge is 2.44. The van der Waals surface area contributed by atoms with Gasteiger partial charge in [-0.15, -0.1) is 10.2 Å². The van der Waals surface area contributed by atoms with Gasteiger partial charge in [-0.1, -0.05) is 25.3 Å². The van der Waals surface area contributed by atoms with E-state index in [9.17, 15) is 13.6 Å². The van der Waals surface area contributed by atoms with Gasteiger partial charge in [-0.3, -0.25) is 4.79 Å². The smallest absolute Gasteiger partial charge is 0.231 e. The summed E-state index contributed by atoms with van der Waals surface area (Å²) >= 11 is 0. The van der Waals surface area contributed by atoms with E-state index in [2.05, 4.69) is 20.1 Å². The molecule has 2 aromatic rings. The Kier molecular flexibility index (Phi) is 4.93. The Morgan fingerprint density at radius 2 is 1.93 bits per heavy atom. The molecule has 0 unspecified atom stereocenters. The molecule has 1 aliphatic heterocycles. The third kappa shape index (κ3) is 3.35. The molecule has 0 spiro atoms. The van der Waals surface area contributed by atoms with Crippen LogP contribution in [0.3, 0.4) is 0 Å². The largest absolute Gasteiger partial charge is 0.348 e. The zero-order chi connectivity index (χ0) is 18.9. The lowest BCUT2D eigenvalue weighted by atomic mass is 9.77. The number of halogens is 2. The first-order chi connectivity index (χ1) is 13.1. The molecule has 1 aromatic carbocycles. The maximum Gasteiger partial charge on any atom is 0.231 e. The van der Waals surface area contributed by atoms with Crippen LogP contribution >= 0.6 is 0 Å². The third-order valence-corrected chi connectivity index (χ3v) is 5.93. The van der Waals surface area contributed by atoms with Gasteiger partial charge in [0, 0.05) is 24.6 Å². The van der Waals surface area contributed by atoms with Crippen molar-refractivity contribution in [3.63, 3.8) is 0 Å². The van der Waals surface area contributed by atoms with E-state index in [1.54, 1.807) is 0 Å². The molecule has 2 heterocycles. The fourth-order valence-electron chi connectivity index (χ4n) is 4.48. The molecule has 1 amide bonds. The lowest BCUT2D eigenvalue weighted by Gasteiger charge is -2.28. The highest BCUT2D eigenvalue weighted by molar-refractivity contribution is 5.88. The zero-order valence-corrected chi connectivity index (χ0v) is 15.3. The molecule has 4 rings (SSSR count). The molecule has 27 heavy (non-hydrogen) atoms. The summed E-state index contributed by atoms with van der Waals surface area (Å²) in [6, 6.07) is 3.50. The summed E-state index contributed by atoms with van der Waals surface area (Å²) in [5.41, 5.74) is -0.640. The highest BCUT2D eigenvalue weighted by atomic mass is 19.1. The summed E-state index contributed by atoms with van der Waals surface area (Å²) < 4.78 is 29.9. The second kappa shape index (κ2) is 7.37. The fraction of sp³-hybridized carbons (Fsp3) is 0.550. The monoisotopic (exact) mass is 374 g/mol. The molecule has 1 saturated carbocycles. The molecule has 0 bridgehead atoms. The molecule has 0 atom stereocenters. The molecule has 0 radical (unpaired) electrons. The van der Waals surface area contributed by atoms with Crippen LogP contribution in [0.1, 0.15) is 62.2 Å². The Morgan fingerprint density at radius 3 is 2.70 bits per heavy atom. The Labute approximate surface area is 157 Å². The average Bonchev–Trinajstić information content (AvgIpc) is 3.22. The van der Waals surface area contributed by atoms with Crippen molar-refractivity contribution in [3.05, 3.63) is 47.0 Å². The topological polar surface area (TPSA) is 59.8 Å². The fourth-order valence-corrected chi connectivity index (χ4v) is 4.48. The van der Waals surface area contributed by atoms with E-state index in [0.29, 0.717) is 18.4 Å². The van der Waals surface area contributed by atoms with Crippen LogP contribution in [0.5, 0.6) is 0 Å². The molecular weight excluding hydrogens is 350 g/mol. The number of aromatic nitrogens is 3. The molecule has 144 valence electrons. The maximum atomic E-state index is 14.4. The van der Waals surface area contributed by atoms with Crippen LogP contribution in [0, 0.1) is 11.6 Å². The van der Waals surface area contributed by atoms with E-state index in [-0.39, 0.29) is 12.5 Å². The second-order valence-electron chi connectivity index (χ2n) is 7.59. The number of carbonyl (C=O) groups is 1. The van der Waals surface area contributed by atoms with Crippen LogP contribution in [-0.2, 0) is 29.7 Å². The van der Waals surface area contributed by atoms with Gasteiger partial charge >= 0.3 is 0 Å². The van der Waals surface area contributed by atoms with E-state index in [1.807, 2.05) is 0 Å². The Balaban J connectivity index is 1.55. The minimum Gasteiger partial charge on any atom is -0.348 e. The van der Waals surface area contributed by atoms with E-state index >= 15 is 0 Å². The lowest BCUT2D eigenvalue weighted by molar-refractivity contribution is -0.127. The average molecular weight is 374 g/mol. The lowest BCUT2D eigenvalue weighted by Crippen LogP contribution is -2.43. The first kappa shape index (κ1) is 18.1. The van der Waals surface area contributed by atoms with Gasteiger partial charge in [0.2, 0.25) is 5.91 Å². The van der Waals surface area contributed by atoms with E-state index in [1.165, 1.54) is 18.6 Å². The van der Waals surface area contributed by atoms with Crippen LogP contribution in [-0.4, -0.2) is 20.7 Å². The highest BCUT2D eigenvalue weighted by Crippen LogP contribution is 2.42. The van der Waals surface area contributed by atoms with Gasteiger partial charge in [-0.25, -0.2) is 8.78 Å². The minimum atomic E-state index is -0.931. The van der Waals surface area contributed by atoms with Crippen molar-refractivity contribution in [3.8, 4) is 0 Å². The summed E-state index contributed by atoms with van der Waals surface area (Å²) in [6.45, 7) is 1.14. The van der Waals surface area contributed by atoms with E-state index in [4.69, 9.17) is 0 Å². The zero-order valence-electron chi connectivity index (χ0n) is 15.3. The minimum absolute atomic E-state index is 0.212. The molecule has 1 aliphatic carbocycles. The molecule has 7 heteroatoms. The molecule has 5 nitrogen and oxygen atoms in total. The number of amides is 1. The number of carbonyl (C=O) groups excluding carboxylic acids is 1. The van der Waals surface area contributed by atoms with Gasteiger partial charge in [0.15, 0.2) is 5.82 Å². The van der Waals surface area contributed by atoms with Gasteiger partial charge in [0.1, 0.15) is 17.5 Å². The Bertz CT molecular complexity index is 843. The first-order valence-electron chi connectivity index (χ1n) is 9.75. The summed E-state index contributed by atoms with van der Waals surface area (Å²) in [7, 11) is 0. The van der Waals surface area contributed by atoms with Gasteiger partial charge < -0.3 is 9.88 Å². The van der Waals surface area contributed by atoms with E-state index < -0.39 is 17.0 Å². The van der Waals surface area contributed by atoms with Crippen molar-refractivity contribution < 1.29 is 13.6 Å². The van der Waals surface area contributed by atoms with Crippen LogP contribution in [0.4, 0.5) is 8.78 Å². The number of rotatable bonds is 4. The van der Waals surface area contributed by atoms with Crippen molar-refractivity contribution in [1.29, 1.82) is 0 Å². The van der Waals surface area contributed by atoms with Crippen LogP contribution < -0.4 is 5.32 Å². The molecule has 2 aliphatic rings. The van der Waals surface area contributed by atoms with Crippen molar-refractivity contribution in [2.45, 2.75) is 69.9 Å². The van der Waals surface area contributed by atoms with Gasteiger partial charge in [0.05, 0.1) is 12.0 Å². The molecule has 0 saturated heterocycles. The van der Waals surface area contributed by atoms with Crippen molar-refractivity contribution >= 4 is 5.91 Å². The number of fused-ring (bicyclic) bond motifs is 1. The number of benzene rings is 1. The number of aryl methyl sites for hydroxylation is 1. The third-order valence-electron chi connectivity index (χ3n) is 5.93. The summed E-state index contributed by atoms with van der Waals surface area (Å²) in [5, 5.41) is 11.4. The van der Waals surface area contributed by atoms with Crippen molar-refractivity contribution in [2.75, 3.05) is 0 Å². The molecule has 1 N–H and O–H groups in total. The summed E-state index contributed by atoms with van der Waals surface area (Å²) in [4.78, 5) is 13.1. The van der Waals surface area contributed by atoms with Crippen molar-refractivity contribution in [1.82, 2.24) is 20.1 Å². The number of nitrogens with zero attached hydrogens (tertiary/aromatic N) is 3. The summed E-state index contributed by atoms with van der Waals surface area (Å²) in [5.74, 6) is 0.223. The quantitative estimate of drug-likeness (QED) is 0.892. The summed E-state index contributed by atoms with van der Waals surface area (Å²) in [6.07, 6.45) is 7.11. The predicted octanol–water partition coefficient (Wildman–Crippen LogP) is 3.41. The number of hydrogen-bond acceptors (Lipinski definition) is 3. The van der Waals surface area contributed by atoms with Crippen LogP contribution in [0.25, 0.3) is 0 Å². The SMILES string of the molecule is O=C(NCc1nnc2n1CCCCC2)C1(c2ccc(F)cc2F)CCCC1. The van der Waals surface area contributed by atoms with Gasteiger partial charge in [0.25, 0.3) is 0 Å². The predicted molar refractivity (Wildman–Crippen MR) is 95.9 cm³/mol.